The molecule has 1 atom stereocenters. The highest BCUT2D eigenvalue weighted by molar-refractivity contribution is 5.79. The number of guanidine groups is 1. The van der Waals surface area contributed by atoms with Gasteiger partial charge in [0.1, 0.15) is 0 Å². The van der Waals surface area contributed by atoms with Crippen LogP contribution in [0.5, 0.6) is 0 Å². The molecule has 136 valence electrons. The first kappa shape index (κ1) is 20.5. The van der Waals surface area contributed by atoms with E-state index in [4.69, 9.17) is 9.47 Å². The van der Waals surface area contributed by atoms with Crippen molar-refractivity contribution in [1.29, 1.82) is 0 Å². The Labute approximate surface area is 146 Å². The van der Waals surface area contributed by atoms with Crippen molar-refractivity contribution in [1.82, 2.24) is 10.6 Å². The predicted octanol–water partition coefficient (Wildman–Crippen LogP) is 3.13. The van der Waals surface area contributed by atoms with Gasteiger partial charge in [0.05, 0.1) is 12.2 Å². The van der Waals surface area contributed by atoms with E-state index < -0.39 is 0 Å². The van der Waals surface area contributed by atoms with E-state index in [1.165, 1.54) is 5.56 Å². The molecule has 0 bridgehead atoms. The molecule has 1 rings (SSSR count). The quantitative estimate of drug-likeness (QED) is 0.371. The largest absolute Gasteiger partial charge is 0.379 e. The standard InChI is InChI=1S/C19H33N3O2/c1-16(2)23-14-8-12-21-19(20-4)22-13-9-15-24-17(3)18-10-6-5-7-11-18/h5-7,10-11,16-17H,8-9,12-15H2,1-4H3,(H2,20,21,22). The van der Waals surface area contributed by atoms with E-state index >= 15 is 0 Å². The summed E-state index contributed by atoms with van der Waals surface area (Å²) in [5.41, 5.74) is 1.21. The van der Waals surface area contributed by atoms with Crippen molar-refractivity contribution in [3.05, 3.63) is 35.9 Å². The Balaban J connectivity index is 2.06. The minimum atomic E-state index is 0.129. The first-order valence-corrected chi connectivity index (χ1v) is 8.86. The third-order valence-corrected chi connectivity index (χ3v) is 3.54. The smallest absolute Gasteiger partial charge is 0.190 e. The van der Waals surface area contributed by atoms with E-state index in [2.05, 4.69) is 48.5 Å². The Bertz CT molecular complexity index is 449. The molecule has 0 aliphatic heterocycles. The summed E-state index contributed by atoms with van der Waals surface area (Å²) in [6.07, 6.45) is 2.33. The maximum absolute atomic E-state index is 5.86. The molecular weight excluding hydrogens is 302 g/mol. The zero-order valence-corrected chi connectivity index (χ0v) is 15.5. The molecule has 5 nitrogen and oxygen atoms in total. The van der Waals surface area contributed by atoms with Gasteiger partial charge in [-0.1, -0.05) is 30.3 Å². The Morgan fingerprint density at radius 3 is 2.08 bits per heavy atom. The van der Waals surface area contributed by atoms with Gasteiger partial charge in [-0.25, -0.2) is 0 Å². The summed E-state index contributed by atoms with van der Waals surface area (Å²) >= 11 is 0. The highest BCUT2D eigenvalue weighted by atomic mass is 16.5. The van der Waals surface area contributed by atoms with Gasteiger partial charge in [0, 0.05) is 33.4 Å². The van der Waals surface area contributed by atoms with Gasteiger partial charge in [-0.05, 0) is 39.2 Å². The van der Waals surface area contributed by atoms with Gasteiger partial charge in [-0.15, -0.1) is 0 Å². The van der Waals surface area contributed by atoms with Crippen LogP contribution in [0.15, 0.2) is 35.3 Å². The molecule has 5 heteroatoms. The molecule has 0 radical (unpaired) electrons. The lowest BCUT2D eigenvalue weighted by Gasteiger charge is -2.15. The van der Waals surface area contributed by atoms with Crippen molar-refractivity contribution in [3.8, 4) is 0 Å². The molecule has 0 aliphatic rings. The Morgan fingerprint density at radius 1 is 0.958 bits per heavy atom. The van der Waals surface area contributed by atoms with E-state index in [-0.39, 0.29) is 6.10 Å². The Kier molecular flexibility index (Phi) is 10.9. The first-order chi connectivity index (χ1) is 11.6. The second-order valence-corrected chi connectivity index (χ2v) is 5.98. The molecule has 0 amide bonds. The van der Waals surface area contributed by atoms with Gasteiger partial charge >= 0.3 is 0 Å². The van der Waals surface area contributed by atoms with Gasteiger partial charge in [0.25, 0.3) is 0 Å². The molecule has 0 heterocycles. The molecule has 1 unspecified atom stereocenters. The van der Waals surface area contributed by atoms with Gasteiger partial charge in [-0.3, -0.25) is 4.99 Å². The fourth-order valence-corrected chi connectivity index (χ4v) is 2.18. The number of hydrogen-bond donors (Lipinski definition) is 2. The van der Waals surface area contributed by atoms with Crippen molar-refractivity contribution in [3.63, 3.8) is 0 Å². The number of aliphatic imine (C=N–C) groups is 1. The van der Waals surface area contributed by atoms with Crippen LogP contribution in [-0.4, -0.2) is 45.4 Å². The van der Waals surface area contributed by atoms with Crippen molar-refractivity contribution < 1.29 is 9.47 Å². The third-order valence-electron chi connectivity index (χ3n) is 3.54. The van der Waals surface area contributed by atoms with Gasteiger partial charge < -0.3 is 20.1 Å². The van der Waals surface area contributed by atoms with Gasteiger partial charge in [0.2, 0.25) is 0 Å². The number of nitrogens with one attached hydrogen (secondary N) is 2. The van der Waals surface area contributed by atoms with Gasteiger partial charge in [-0.2, -0.15) is 0 Å². The molecule has 0 fully saturated rings. The SMILES string of the molecule is CN=C(NCCCOC(C)C)NCCCOC(C)c1ccccc1. The molecule has 0 saturated carbocycles. The summed E-state index contributed by atoms with van der Waals surface area (Å²) in [6, 6.07) is 10.3. The highest BCUT2D eigenvalue weighted by Gasteiger charge is 2.04. The van der Waals surface area contributed by atoms with Crippen molar-refractivity contribution >= 4 is 5.96 Å². The lowest BCUT2D eigenvalue weighted by Crippen LogP contribution is -2.38. The summed E-state index contributed by atoms with van der Waals surface area (Å²) < 4.78 is 11.4. The molecule has 1 aromatic carbocycles. The lowest BCUT2D eigenvalue weighted by atomic mass is 10.1. The van der Waals surface area contributed by atoms with Crippen LogP contribution in [0.3, 0.4) is 0 Å². The zero-order chi connectivity index (χ0) is 17.6. The third kappa shape index (κ3) is 9.53. The van der Waals surface area contributed by atoms with E-state index in [0.29, 0.717) is 6.10 Å². The predicted molar refractivity (Wildman–Crippen MR) is 100 cm³/mol. The molecule has 0 aromatic heterocycles. The molecule has 2 N–H and O–H groups in total. The highest BCUT2D eigenvalue weighted by Crippen LogP contribution is 2.15. The average Bonchev–Trinajstić information content (AvgIpc) is 2.59. The van der Waals surface area contributed by atoms with E-state index in [0.717, 1.165) is 45.1 Å². The minimum absolute atomic E-state index is 0.129. The first-order valence-electron chi connectivity index (χ1n) is 8.86. The number of benzene rings is 1. The minimum Gasteiger partial charge on any atom is -0.379 e. The topological polar surface area (TPSA) is 54.9 Å². The summed E-state index contributed by atoms with van der Waals surface area (Å²) in [5.74, 6) is 0.829. The maximum Gasteiger partial charge on any atom is 0.190 e. The molecule has 0 saturated heterocycles. The normalized spacial score (nSPS) is 13.1. The fraction of sp³-hybridized carbons (Fsp3) is 0.632. The number of rotatable bonds is 11. The van der Waals surface area contributed by atoms with Crippen LogP contribution in [-0.2, 0) is 9.47 Å². The maximum atomic E-state index is 5.86. The zero-order valence-electron chi connectivity index (χ0n) is 15.5. The molecule has 0 aliphatic carbocycles. The van der Waals surface area contributed by atoms with Crippen LogP contribution >= 0.6 is 0 Å². The number of ether oxygens (including phenoxy) is 2. The Morgan fingerprint density at radius 2 is 1.54 bits per heavy atom. The van der Waals surface area contributed by atoms with Crippen molar-refractivity contribution in [2.45, 2.75) is 45.8 Å². The van der Waals surface area contributed by atoms with E-state index in [1.807, 2.05) is 18.2 Å². The summed E-state index contributed by atoms with van der Waals surface area (Å²) in [5, 5.41) is 6.59. The second kappa shape index (κ2) is 12.8. The van der Waals surface area contributed by atoms with Crippen LogP contribution < -0.4 is 10.6 Å². The molecule has 1 aromatic rings. The van der Waals surface area contributed by atoms with Gasteiger partial charge in [0.15, 0.2) is 5.96 Å². The lowest BCUT2D eigenvalue weighted by molar-refractivity contribution is 0.0646. The molecular formula is C19H33N3O2. The van der Waals surface area contributed by atoms with Crippen LogP contribution in [0.2, 0.25) is 0 Å². The van der Waals surface area contributed by atoms with Crippen LogP contribution in [0, 0.1) is 0 Å². The van der Waals surface area contributed by atoms with Crippen LogP contribution in [0.4, 0.5) is 0 Å². The Hall–Kier alpha value is -1.59. The summed E-state index contributed by atoms with van der Waals surface area (Å²) in [4.78, 5) is 4.21. The van der Waals surface area contributed by atoms with E-state index in [1.54, 1.807) is 7.05 Å². The fourth-order valence-electron chi connectivity index (χ4n) is 2.18. The molecule has 24 heavy (non-hydrogen) atoms. The number of nitrogens with zero attached hydrogens (tertiary/aromatic N) is 1. The monoisotopic (exact) mass is 335 g/mol. The number of hydrogen-bond acceptors (Lipinski definition) is 3. The van der Waals surface area contributed by atoms with Crippen LogP contribution in [0.25, 0.3) is 0 Å². The summed E-state index contributed by atoms with van der Waals surface area (Å²) in [6.45, 7) is 9.37. The second-order valence-electron chi connectivity index (χ2n) is 5.98. The van der Waals surface area contributed by atoms with E-state index in [9.17, 15) is 0 Å². The average molecular weight is 335 g/mol. The van der Waals surface area contributed by atoms with Crippen LogP contribution in [0.1, 0.15) is 45.3 Å². The summed E-state index contributed by atoms with van der Waals surface area (Å²) in [7, 11) is 1.79. The van der Waals surface area contributed by atoms with Crippen molar-refractivity contribution in [2.24, 2.45) is 4.99 Å². The molecule has 0 spiro atoms. The van der Waals surface area contributed by atoms with Crippen molar-refractivity contribution in [2.75, 3.05) is 33.4 Å².